The molecule has 0 aliphatic carbocycles. The number of halogens is 3. The van der Waals surface area contributed by atoms with Crippen LogP contribution < -0.4 is 14.5 Å². The molecule has 1 unspecified atom stereocenters. The third-order valence-corrected chi connectivity index (χ3v) is 10.6. The Hall–Kier alpha value is -4.92. The highest BCUT2D eigenvalue weighted by Gasteiger charge is 2.49. The number of piperazine rings is 1. The van der Waals surface area contributed by atoms with E-state index in [-0.39, 0.29) is 90.8 Å². The number of benzene rings is 1. The lowest BCUT2D eigenvalue weighted by Crippen LogP contribution is -2.56. The van der Waals surface area contributed by atoms with Crippen molar-refractivity contribution in [3.63, 3.8) is 0 Å². The van der Waals surface area contributed by atoms with Gasteiger partial charge < -0.3 is 24.5 Å². The van der Waals surface area contributed by atoms with Crippen molar-refractivity contribution in [2.24, 2.45) is 5.92 Å². The molecule has 3 fully saturated rings. The standard InChI is InChI=1S/C36H37F3N8O3/c1-6-24-26(38)9-8-20-11-36(4,49)18-46(31(20)24)33-29(39)30-25(14-41-33)32(43-34(42-30)50-19-35(3)12-22(37)15-44(35)5)45-16-23-10-21(13-40)27(17-45)47(23)28(48)7-2/h1,7-9,14,21-23,27,49H,2,10-12,15-19H2,3-5H3/t21?,22-,23-,27-,35+,36-/m1/s1. The number of carbonyl (C=O) groups is 1. The fourth-order valence-electron chi connectivity index (χ4n) is 8.10. The molecule has 11 nitrogen and oxygen atoms in total. The Balaban J connectivity index is 1.36. The van der Waals surface area contributed by atoms with Crippen molar-refractivity contribution in [2.75, 3.05) is 49.6 Å². The normalized spacial score (nSPS) is 29.1. The molecule has 2 bridgehead atoms. The molecule has 2 aromatic heterocycles. The molecule has 14 heteroatoms. The van der Waals surface area contributed by atoms with Gasteiger partial charge >= 0.3 is 6.01 Å². The maximum absolute atomic E-state index is 17.0. The fraction of sp³-hybridized carbons (Fsp3) is 0.472. The molecule has 7 rings (SSSR count). The summed E-state index contributed by atoms with van der Waals surface area (Å²) >= 11 is 0. The summed E-state index contributed by atoms with van der Waals surface area (Å²) in [6, 6.07) is 4.11. The highest BCUT2D eigenvalue weighted by atomic mass is 19.1. The second-order valence-electron chi connectivity index (χ2n) is 14.3. The van der Waals surface area contributed by atoms with Crippen molar-refractivity contribution in [3.05, 3.63) is 53.7 Å². The molecular weight excluding hydrogens is 649 g/mol. The van der Waals surface area contributed by atoms with Crippen LogP contribution in [0, 0.1) is 41.2 Å². The number of aliphatic hydroxyl groups is 1. The minimum Gasteiger partial charge on any atom is -0.461 e. The minimum absolute atomic E-state index is 0.0188. The van der Waals surface area contributed by atoms with E-state index < -0.39 is 40.9 Å². The number of rotatable bonds is 6. The number of pyridine rings is 1. The minimum atomic E-state index is -1.33. The van der Waals surface area contributed by atoms with Crippen molar-refractivity contribution < 1.29 is 27.8 Å². The number of alkyl halides is 1. The number of carbonyl (C=O) groups excluding carboxylic acids is 1. The third kappa shape index (κ3) is 5.47. The van der Waals surface area contributed by atoms with E-state index in [2.05, 4.69) is 28.5 Å². The zero-order valence-electron chi connectivity index (χ0n) is 28.0. The van der Waals surface area contributed by atoms with E-state index >= 15 is 4.39 Å². The first-order valence-corrected chi connectivity index (χ1v) is 16.5. The van der Waals surface area contributed by atoms with Crippen LogP contribution in [0.15, 0.2) is 31.0 Å². The largest absolute Gasteiger partial charge is 0.461 e. The molecule has 0 saturated carbocycles. The Morgan fingerprint density at radius 3 is 2.70 bits per heavy atom. The van der Waals surface area contributed by atoms with Gasteiger partial charge in [-0.05, 0) is 45.0 Å². The van der Waals surface area contributed by atoms with Crippen LogP contribution in [0.4, 0.5) is 30.5 Å². The number of likely N-dealkylation sites (tertiary alicyclic amines) is 1. The van der Waals surface area contributed by atoms with Gasteiger partial charge in [-0.25, -0.2) is 18.2 Å². The number of β-amino-alcohol motifs (C(OH)–C–C–N with tert-alkyl or cyclic N) is 1. The van der Waals surface area contributed by atoms with Gasteiger partial charge in [0.05, 0.1) is 58.4 Å². The van der Waals surface area contributed by atoms with Crippen molar-refractivity contribution in [1.29, 1.82) is 5.26 Å². The van der Waals surface area contributed by atoms with E-state index in [1.165, 1.54) is 29.3 Å². The second kappa shape index (κ2) is 12.1. The molecule has 1 N–H and O–H groups in total. The van der Waals surface area contributed by atoms with Gasteiger partial charge in [0.1, 0.15) is 29.9 Å². The molecule has 4 aliphatic heterocycles. The quantitative estimate of drug-likeness (QED) is 0.304. The number of nitriles is 1. The Labute approximate surface area is 288 Å². The fourth-order valence-corrected chi connectivity index (χ4v) is 8.10. The smallest absolute Gasteiger partial charge is 0.319 e. The van der Waals surface area contributed by atoms with E-state index in [0.29, 0.717) is 18.5 Å². The lowest BCUT2D eigenvalue weighted by atomic mass is 9.88. The summed E-state index contributed by atoms with van der Waals surface area (Å²) in [4.78, 5) is 33.3. The van der Waals surface area contributed by atoms with Crippen LogP contribution in [-0.2, 0) is 11.2 Å². The second-order valence-corrected chi connectivity index (χ2v) is 14.3. The number of amides is 1. The number of ether oxygens (including phenoxy) is 1. The Morgan fingerprint density at radius 2 is 2.02 bits per heavy atom. The van der Waals surface area contributed by atoms with E-state index in [4.69, 9.17) is 16.1 Å². The van der Waals surface area contributed by atoms with Gasteiger partial charge in [-0.1, -0.05) is 18.6 Å². The van der Waals surface area contributed by atoms with Gasteiger partial charge in [0, 0.05) is 38.7 Å². The van der Waals surface area contributed by atoms with Crippen LogP contribution in [-0.4, -0.2) is 105 Å². The van der Waals surface area contributed by atoms with Crippen molar-refractivity contribution in [1.82, 2.24) is 24.8 Å². The van der Waals surface area contributed by atoms with Gasteiger partial charge in [-0.2, -0.15) is 15.2 Å². The number of aromatic nitrogens is 3. The van der Waals surface area contributed by atoms with Crippen LogP contribution in [0.2, 0.25) is 0 Å². The summed E-state index contributed by atoms with van der Waals surface area (Å²) in [5.74, 6) is 0.187. The van der Waals surface area contributed by atoms with E-state index in [9.17, 15) is 23.9 Å². The zero-order valence-corrected chi connectivity index (χ0v) is 28.0. The number of hydrogen-bond donors (Lipinski definition) is 1. The zero-order chi connectivity index (χ0) is 35.7. The number of likely N-dealkylation sites (N-methyl/N-ethyl adjacent to an activating group) is 1. The van der Waals surface area contributed by atoms with Crippen LogP contribution in [0.5, 0.6) is 6.01 Å². The van der Waals surface area contributed by atoms with Crippen LogP contribution in [0.1, 0.15) is 37.8 Å². The SMILES string of the molecule is C#Cc1c(F)ccc2c1N(c1ncc3c(N4C[C@H]5CC(C#N)[C@@H](C4)N5C(=O)C=C)nc(OC[C@]4(C)C[C@@H](F)CN4C)nc3c1F)C[C@](C)(O)C2. The lowest BCUT2D eigenvalue weighted by Gasteiger charge is -2.41. The van der Waals surface area contributed by atoms with E-state index in [1.807, 2.05) is 16.7 Å². The number of fused-ring (bicyclic) bond motifs is 4. The van der Waals surface area contributed by atoms with Crippen LogP contribution >= 0.6 is 0 Å². The first-order chi connectivity index (χ1) is 23.8. The topological polar surface area (TPSA) is 122 Å². The average Bonchev–Trinajstić information content (AvgIpc) is 3.47. The molecule has 3 aromatic rings. The molecule has 6 heterocycles. The summed E-state index contributed by atoms with van der Waals surface area (Å²) in [6.07, 6.45) is 8.18. The Morgan fingerprint density at radius 1 is 1.24 bits per heavy atom. The molecule has 0 spiro atoms. The average molecular weight is 687 g/mol. The Kier molecular flexibility index (Phi) is 8.15. The van der Waals surface area contributed by atoms with Crippen LogP contribution in [0.25, 0.3) is 10.9 Å². The summed E-state index contributed by atoms with van der Waals surface area (Å²) in [7, 11) is 1.80. The number of terminal acetylenes is 1. The summed E-state index contributed by atoms with van der Waals surface area (Å²) < 4.78 is 52.5. The maximum atomic E-state index is 17.0. The first kappa shape index (κ1) is 33.6. The van der Waals surface area contributed by atoms with Crippen molar-refractivity contribution >= 4 is 34.1 Å². The highest BCUT2D eigenvalue weighted by Crippen LogP contribution is 2.43. The molecule has 1 amide bonds. The number of nitrogens with zero attached hydrogens (tertiary/aromatic N) is 8. The van der Waals surface area contributed by atoms with Crippen molar-refractivity contribution in [2.45, 2.75) is 62.5 Å². The summed E-state index contributed by atoms with van der Waals surface area (Å²) in [6.45, 7) is 7.72. The lowest BCUT2D eigenvalue weighted by molar-refractivity contribution is -0.129. The van der Waals surface area contributed by atoms with Crippen molar-refractivity contribution in [3.8, 4) is 24.4 Å². The number of hydrogen-bond acceptors (Lipinski definition) is 10. The molecule has 1 aromatic carbocycles. The van der Waals surface area contributed by atoms with Gasteiger partial charge in [0.25, 0.3) is 0 Å². The van der Waals surface area contributed by atoms with Gasteiger partial charge in [0.2, 0.25) is 5.91 Å². The maximum Gasteiger partial charge on any atom is 0.319 e. The number of anilines is 3. The van der Waals surface area contributed by atoms with Gasteiger partial charge in [-0.3, -0.25) is 9.69 Å². The van der Waals surface area contributed by atoms with E-state index in [1.54, 1.807) is 18.9 Å². The molecule has 50 heavy (non-hydrogen) atoms. The van der Waals surface area contributed by atoms with E-state index in [0.717, 1.165) is 0 Å². The van der Waals surface area contributed by atoms with Crippen LogP contribution in [0.3, 0.4) is 0 Å². The monoisotopic (exact) mass is 686 g/mol. The molecule has 0 radical (unpaired) electrons. The molecular formula is C36H37F3N8O3. The summed E-state index contributed by atoms with van der Waals surface area (Å²) in [5, 5.41) is 21.3. The highest BCUT2D eigenvalue weighted by molar-refractivity contribution is 5.93. The molecule has 260 valence electrons. The summed E-state index contributed by atoms with van der Waals surface area (Å²) in [5.41, 5.74) is -1.48. The Bertz CT molecular complexity index is 2000. The third-order valence-electron chi connectivity index (χ3n) is 10.6. The predicted octanol–water partition coefficient (Wildman–Crippen LogP) is 3.66. The predicted molar refractivity (Wildman–Crippen MR) is 180 cm³/mol. The van der Waals surface area contributed by atoms with Gasteiger partial charge in [0.15, 0.2) is 11.6 Å². The van der Waals surface area contributed by atoms with Gasteiger partial charge in [-0.15, -0.1) is 6.42 Å². The molecule has 4 aliphatic rings. The molecule has 6 atom stereocenters. The first-order valence-electron chi connectivity index (χ1n) is 16.5. The molecule has 3 saturated heterocycles.